The summed E-state index contributed by atoms with van der Waals surface area (Å²) in [5.41, 5.74) is 8.74. The Kier molecular flexibility index (Phi) is 6.95. The number of phenols is 1. The number of rotatable bonds is 5. The largest absolute Gasteiger partial charge is 0.507 e. The average molecular weight is 468 g/mol. The molecule has 4 rings (SSSR count). The van der Waals surface area contributed by atoms with Gasteiger partial charge in [0.2, 0.25) is 0 Å². The Balaban J connectivity index is 1.85. The second kappa shape index (κ2) is 9.64. The van der Waals surface area contributed by atoms with Gasteiger partial charge in [0.15, 0.2) is 0 Å². The fraction of sp³-hybridized carbons (Fsp3) is 0.424. The number of aryl methyl sites for hydroxylation is 2. The number of phenolic OH excluding ortho intramolecular Hbond substituents is 1. The van der Waals surface area contributed by atoms with E-state index in [9.17, 15) is 5.11 Å². The van der Waals surface area contributed by atoms with Gasteiger partial charge in [-0.15, -0.1) is 0 Å². The summed E-state index contributed by atoms with van der Waals surface area (Å²) in [6, 6.07) is 19.5. The Morgan fingerprint density at radius 3 is 2.14 bits per heavy atom. The minimum absolute atomic E-state index is 0.190. The van der Waals surface area contributed by atoms with Gasteiger partial charge in [-0.3, -0.25) is 4.99 Å². The molecule has 1 fully saturated rings. The van der Waals surface area contributed by atoms with Gasteiger partial charge < -0.3 is 5.11 Å². The van der Waals surface area contributed by atoms with Crippen LogP contribution in [0.3, 0.4) is 0 Å². The van der Waals surface area contributed by atoms with Crippen molar-refractivity contribution in [1.29, 1.82) is 0 Å². The number of hydrogen-bond acceptors (Lipinski definition) is 2. The molecule has 0 radical (unpaired) electrons. The van der Waals surface area contributed by atoms with Crippen LogP contribution in [-0.4, -0.2) is 11.3 Å². The highest BCUT2D eigenvalue weighted by Crippen LogP contribution is 2.42. The summed E-state index contributed by atoms with van der Waals surface area (Å²) in [6.45, 7) is 15.3. The van der Waals surface area contributed by atoms with Crippen LogP contribution < -0.4 is 0 Å². The van der Waals surface area contributed by atoms with E-state index in [0.717, 1.165) is 16.8 Å². The van der Waals surface area contributed by atoms with E-state index in [-0.39, 0.29) is 10.8 Å². The quantitative estimate of drug-likeness (QED) is 0.373. The molecule has 184 valence electrons. The van der Waals surface area contributed by atoms with Gasteiger partial charge >= 0.3 is 0 Å². The van der Waals surface area contributed by atoms with Gasteiger partial charge in [-0.1, -0.05) is 102 Å². The number of aliphatic imine (C=N–C) groups is 1. The molecule has 1 aliphatic rings. The topological polar surface area (TPSA) is 32.6 Å². The van der Waals surface area contributed by atoms with Crippen molar-refractivity contribution in [1.82, 2.24) is 0 Å². The van der Waals surface area contributed by atoms with E-state index < -0.39 is 0 Å². The molecule has 35 heavy (non-hydrogen) atoms. The van der Waals surface area contributed by atoms with Crippen molar-refractivity contribution in [2.45, 2.75) is 90.9 Å². The fourth-order valence-electron chi connectivity index (χ4n) is 5.56. The van der Waals surface area contributed by atoms with Crippen LogP contribution in [0.15, 0.2) is 59.6 Å². The minimum atomic E-state index is -0.202. The molecule has 0 spiro atoms. The van der Waals surface area contributed by atoms with E-state index in [1.165, 1.54) is 53.5 Å². The van der Waals surface area contributed by atoms with Crippen LogP contribution in [0.2, 0.25) is 0 Å². The summed E-state index contributed by atoms with van der Waals surface area (Å²) in [5.74, 6) is 0.920. The van der Waals surface area contributed by atoms with Crippen LogP contribution in [0.5, 0.6) is 5.75 Å². The van der Waals surface area contributed by atoms with Crippen LogP contribution >= 0.6 is 0 Å². The van der Waals surface area contributed by atoms with Crippen LogP contribution in [0, 0.1) is 13.8 Å². The molecule has 0 aromatic heterocycles. The van der Waals surface area contributed by atoms with Crippen molar-refractivity contribution in [2.75, 3.05) is 0 Å². The summed E-state index contributed by atoms with van der Waals surface area (Å²) in [6.07, 6.45) is 6.97. The summed E-state index contributed by atoms with van der Waals surface area (Å²) >= 11 is 0. The molecule has 2 heteroatoms. The van der Waals surface area contributed by atoms with Gasteiger partial charge in [0.25, 0.3) is 0 Å². The van der Waals surface area contributed by atoms with Crippen LogP contribution in [0.4, 0.5) is 5.69 Å². The van der Waals surface area contributed by atoms with E-state index in [0.29, 0.717) is 11.7 Å². The molecule has 0 atom stereocenters. The molecule has 0 amide bonds. The minimum Gasteiger partial charge on any atom is -0.507 e. The van der Waals surface area contributed by atoms with Crippen molar-refractivity contribution in [3.05, 3.63) is 93.5 Å². The smallest absolute Gasteiger partial charge is 0.128 e. The van der Waals surface area contributed by atoms with Crippen molar-refractivity contribution in [3.8, 4) is 5.75 Å². The highest BCUT2D eigenvalue weighted by atomic mass is 16.3. The number of hydrogen-bond donors (Lipinski definition) is 1. The lowest BCUT2D eigenvalue weighted by Crippen LogP contribution is -2.21. The van der Waals surface area contributed by atoms with Crippen LogP contribution in [-0.2, 0) is 10.8 Å². The maximum Gasteiger partial charge on any atom is 0.128 e. The average Bonchev–Trinajstić information content (AvgIpc) is 3.33. The lowest BCUT2D eigenvalue weighted by atomic mass is 9.74. The van der Waals surface area contributed by atoms with Crippen molar-refractivity contribution >= 4 is 11.9 Å². The van der Waals surface area contributed by atoms with Crippen molar-refractivity contribution in [2.24, 2.45) is 4.99 Å². The second-order valence-corrected chi connectivity index (χ2v) is 12.0. The monoisotopic (exact) mass is 467 g/mol. The second-order valence-electron chi connectivity index (χ2n) is 12.0. The highest BCUT2D eigenvalue weighted by molar-refractivity contribution is 5.87. The van der Waals surface area contributed by atoms with E-state index in [1.807, 2.05) is 6.21 Å². The zero-order chi connectivity index (χ0) is 25.4. The molecule has 0 saturated heterocycles. The molecule has 1 aliphatic carbocycles. The molecule has 1 saturated carbocycles. The van der Waals surface area contributed by atoms with Gasteiger partial charge in [-0.05, 0) is 66.3 Å². The Bertz CT molecular complexity index is 1220. The number of aromatic hydroxyl groups is 1. The Morgan fingerprint density at radius 1 is 0.857 bits per heavy atom. The molecule has 0 aliphatic heterocycles. The lowest BCUT2D eigenvalue weighted by Gasteiger charge is -2.30. The highest BCUT2D eigenvalue weighted by Gasteiger charge is 2.28. The van der Waals surface area contributed by atoms with Gasteiger partial charge in [0.05, 0.1) is 5.69 Å². The SMILES string of the molecule is Cc1cc(C)c(N=Cc2cc(C(C)(C)c3ccccc3)cc(C(C)(C)C)c2O)c(C2CCCC2)c1. The molecule has 0 unspecified atom stereocenters. The van der Waals surface area contributed by atoms with E-state index in [4.69, 9.17) is 4.99 Å². The van der Waals surface area contributed by atoms with Gasteiger partial charge in [-0.2, -0.15) is 0 Å². The first-order valence-electron chi connectivity index (χ1n) is 13.1. The summed E-state index contributed by atoms with van der Waals surface area (Å²) in [7, 11) is 0. The van der Waals surface area contributed by atoms with Gasteiger partial charge in [0.1, 0.15) is 5.75 Å². The molecule has 2 nitrogen and oxygen atoms in total. The summed E-state index contributed by atoms with van der Waals surface area (Å²) < 4.78 is 0. The maximum absolute atomic E-state index is 11.4. The number of benzene rings is 3. The Morgan fingerprint density at radius 2 is 1.51 bits per heavy atom. The molecule has 1 N–H and O–H groups in total. The first kappa shape index (κ1) is 25.2. The van der Waals surface area contributed by atoms with E-state index >= 15 is 0 Å². The zero-order valence-electron chi connectivity index (χ0n) is 22.6. The summed E-state index contributed by atoms with van der Waals surface area (Å²) in [4.78, 5) is 5.06. The van der Waals surface area contributed by atoms with Crippen molar-refractivity contribution in [3.63, 3.8) is 0 Å². The third-order valence-electron chi connectivity index (χ3n) is 7.77. The first-order chi connectivity index (χ1) is 16.5. The standard InChI is InChI=1S/C33H41NO/c1-22-17-23(2)30(28(18-22)24-13-11-12-14-24)34-21-25-19-27(20-29(31(25)35)32(3,4)5)33(6,7)26-15-9-8-10-16-26/h8-10,15-21,24,35H,11-14H2,1-7H3. The molecular weight excluding hydrogens is 426 g/mol. The first-order valence-corrected chi connectivity index (χ1v) is 13.1. The van der Waals surface area contributed by atoms with Gasteiger partial charge in [-0.25, -0.2) is 0 Å². The molecule has 3 aromatic rings. The zero-order valence-corrected chi connectivity index (χ0v) is 22.6. The third-order valence-corrected chi connectivity index (χ3v) is 7.77. The predicted octanol–water partition coefficient (Wildman–Crippen LogP) is 9.04. The third kappa shape index (κ3) is 5.22. The maximum atomic E-state index is 11.4. The Hall–Kier alpha value is -2.87. The number of nitrogens with zero attached hydrogens (tertiary/aromatic N) is 1. The fourth-order valence-corrected chi connectivity index (χ4v) is 5.56. The normalized spacial score (nSPS) is 15.3. The Labute approximate surface area is 212 Å². The predicted molar refractivity (Wildman–Crippen MR) is 150 cm³/mol. The summed E-state index contributed by atoms with van der Waals surface area (Å²) in [5, 5.41) is 11.4. The van der Waals surface area contributed by atoms with Crippen LogP contribution in [0.25, 0.3) is 0 Å². The molecule has 3 aromatic carbocycles. The van der Waals surface area contributed by atoms with Crippen LogP contribution in [0.1, 0.15) is 105 Å². The van der Waals surface area contributed by atoms with E-state index in [2.05, 4.69) is 103 Å². The molecular formula is C33H41NO. The molecule has 0 bridgehead atoms. The van der Waals surface area contributed by atoms with Gasteiger partial charge in [0, 0.05) is 22.8 Å². The van der Waals surface area contributed by atoms with Crippen molar-refractivity contribution < 1.29 is 5.11 Å². The molecule has 0 heterocycles. The van der Waals surface area contributed by atoms with E-state index in [1.54, 1.807) is 0 Å². The lowest BCUT2D eigenvalue weighted by molar-refractivity contribution is 0.444.